The van der Waals surface area contributed by atoms with Crippen molar-refractivity contribution in [1.82, 2.24) is 0 Å². The molecule has 0 saturated carbocycles. The van der Waals surface area contributed by atoms with E-state index >= 15 is 0 Å². The Balaban J connectivity index is 2.25. The lowest BCUT2D eigenvalue weighted by atomic mass is 10.1. The number of nitrogens with one attached hydrogen (secondary N) is 1. The monoisotopic (exact) mass is 385 g/mol. The molecule has 2 rings (SSSR count). The zero-order valence-corrected chi connectivity index (χ0v) is 13.8. The lowest BCUT2D eigenvalue weighted by Gasteiger charge is -2.18. The zero-order valence-electron chi connectivity index (χ0n) is 10.7. The quantitative estimate of drug-likeness (QED) is 0.699. The third kappa shape index (κ3) is 3.37. The number of anilines is 1. The molecule has 100 valence electrons. The molecule has 19 heavy (non-hydrogen) atoms. The van der Waals surface area contributed by atoms with Crippen molar-refractivity contribution in [3.63, 3.8) is 0 Å². The molecule has 2 aromatic carbocycles. The third-order valence-electron chi connectivity index (χ3n) is 2.99. The first-order valence-electron chi connectivity index (χ1n) is 5.95. The molecule has 1 nitrogen and oxygen atoms in total. The van der Waals surface area contributed by atoms with E-state index in [-0.39, 0.29) is 11.9 Å². The molecule has 0 amide bonds. The highest BCUT2D eigenvalue weighted by molar-refractivity contribution is 9.11. The molecular weight excluding hydrogens is 373 g/mol. The minimum atomic E-state index is -0.210. The molecule has 4 heteroatoms. The summed E-state index contributed by atoms with van der Waals surface area (Å²) in [6.45, 7) is 3.97. The summed E-state index contributed by atoms with van der Waals surface area (Å²) in [4.78, 5) is 0. The molecule has 0 saturated heterocycles. The van der Waals surface area contributed by atoms with E-state index < -0.39 is 0 Å². The van der Waals surface area contributed by atoms with Crippen LogP contribution in [0.1, 0.15) is 24.1 Å². The molecule has 0 bridgehead atoms. The molecule has 0 aliphatic heterocycles. The van der Waals surface area contributed by atoms with Gasteiger partial charge in [0.15, 0.2) is 0 Å². The number of halogens is 3. The Bertz CT molecular complexity index is 599. The molecule has 0 spiro atoms. The van der Waals surface area contributed by atoms with Gasteiger partial charge in [0.2, 0.25) is 0 Å². The van der Waals surface area contributed by atoms with E-state index in [1.807, 2.05) is 38.1 Å². The summed E-state index contributed by atoms with van der Waals surface area (Å²) in [6.07, 6.45) is 0. The van der Waals surface area contributed by atoms with Gasteiger partial charge < -0.3 is 5.32 Å². The van der Waals surface area contributed by atoms with Crippen molar-refractivity contribution in [2.24, 2.45) is 0 Å². The third-order valence-corrected chi connectivity index (χ3v) is 4.54. The Morgan fingerprint density at radius 1 is 1.16 bits per heavy atom. The van der Waals surface area contributed by atoms with E-state index in [1.54, 1.807) is 6.07 Å². The van der Waals surface area contributed by atoms with Gasteiger partial charge in [0, 0.05) is 20.2 Å². The van der Waals surface area contributed by atoms with Gasteiger partial charge in [0.05, 0.1) is 6.04 Å². The largest absolute Gasteiger partial charge is 0.377 e. The van der Waals surface area contributed by atoms with Crippen LogP contribution in [0.15, 0.2) is 45.3 Å². The summed E-state index contributed by atoms with van der Waals surface area (Å²) in [5, 5.41) is 3.33. The van der Waals surface area contributed by atoms with Crippen LogP contribution in [0.5, 0.6) is 0 Å². The van der Waals surface area contributed by atoms with Crippen molar-refractivity contribution < 1.29 is 4.39 Å². The number of hydrogen-bond donors (Lipinski definition) is 1. The predicted molar refractivity (Wildman–Crippen MR) is 85.0 cm³/mol. The van der Waals surface area contributed by atoms with E-state index in [0.29, 0.717) is 5.56 Å². The lowest BCUT2D eigenvalue weighted by Crippen LogP contribution is -2.09. The predicted octanol–water partition coefficient (Wildman–Crippen LogP) is 5.83. The van der Waals surface area contributed by atoms with E-state index in [4.69, 9.17) is 0 Å². The molecule has 0 aromatic heterocycles. The van der Waals surface area contributed by atoms with Crippen molar-refractivity contribution >= 4 is 37.5 Å². The molecule has 1 N–H and O–H groups in total. The second-order valence-corrected chi connectivity index (χ2v) is 6.18. The fourth-order valence-corrected chi connectivity index (χ4v) is 2.63. The van der Waals surface area contributed by atoms with Gasteiger partial charge in [-0.3, -0.25) is 0 Å². The number of benzene rings is 2. The second-order valence-electron chi connectivity index (χ2n) is 4.47. The average molecular weight is 387 g/mol. The van der Waals surface area contributed by atoms with Crippen LogP contribution in [-0.4, -0.2) is 0 Å². The first-order chi connectivity index (χ1) is 8.99. The Morgan fingerprint density at radius 2 is 1.89 bits per heavy atom. The molecule has 1 unspecified atom stereocenters. The summed E-state index contributed by atoms with van der Waals surface area (Å²) in [5.74, 6) is -0.210. The van der Waals surface area contributed by atoms with Crippen LogP contribution in [-0.2, 0) is 0 Å². The van der Waals surface area contributed by atoms with Gasteiger partial charge in [-0.05, 0) is 53.5 Å². The number of aryl methyl sites for hydroxylation is 1. The smallest absolute Gasteiger partial charge is 0.129 e. The maximum Gasteiger partial charge on any atom is 0.129 e. The van der Waals surface area contributed by atoms with Crippen molar-refractivity contribution in [3.8, 4) is 0 Å². The van der Waals surface area contributed by atoms with E-state index in [0.717, 1.165) is 20.2 Å². The van der Waals surface area contributed by atoms with Gasteiger partial charge in [-0.25, -0.2) is 4.39 Å². The first-order valence-corrected chi connectivity index (χ1v) is 7.54. The van der Waals surface area contributed by atoms with E-state index in [1.165, 1.54) is 6.07 Å². The van der Waals surface area contributed by atoms with Crippen LogP contribution in [0.3, 0.4) is 0 Å². The van der Waals surface area contributed by atoms with Gasteiger partial charge in [0.1, 0.15) is 5.82 Å². The van der Waals surface area contributed by atoms with Gasteiger partial charge in [-0.15, -0.1) is 0 Å². The van der Waals surface area contributed by atoms with Crippen molar-refractivity contribution in [1.29, 1.82) is 0 Å². The van der Waals surface area contributed by atoms with Crippen LogP contribution >= 0.6 is 31.9 Å². The highest BCUT2D eigenvalue weighted by Crippen LogP contribution is 2.30. The van der Waals surface area contributed by atoms with Crippen LogP contribution in [0.25, 0.3) is 0 Å². The summed E-state index contributed by atoms with van der Waals surface area (Å²) in [7, 11) is 0. The molecule has 2 aromatic rings. The normalized spacial score (nSPS) is 12.3. The molecule has 0 fully saturated rings. The van der Waals surface area contributed by atoms with Gasteiger partial charge in [0.25, 0.3) is 0 Å². The molecule has 0 radical (unpaired) electrons. The van der Waals surface area contributed by atoms with Crippen molar-refractivity contribution in [3.05, 3.63) is 62.3 Å². The van der Waals surface area contributed by atoms with Crippen LogP contribution < -0.4 is 5.32 Å². The van der Waals surface area contributed by atoms with Gasteiger partial charge in [-0.1, -0.05) is 34.1 Å². The molecule has 0 aliphatic rings. The maximum absolute atomic E-state index is 13.9. The van der Waals surface area contributed by atoms with Crippen molar-refractivity contribution in [2.75, 3.05) is 5.32 Å². The highest BCUT2D eigenvalue weighted by atomic mass is 79.9. The zero-order chi connectivity index (χ0) is 14.0. The van der Waals surface area contributed by atoms with Crippen molar-refractivity contribution in [2.45, 2.75) is 19.9 Å². The molecular formula is C15H14Br2FN. The van der Waals surface area contributed by atoms with Gasteiger partial charge >= 0.3 is 0 Å². The van der Waals surface area contributed by atoms with Crippen LogP contribution in [0.2, 0.25) is 0 Å². The lowest BCUT2D eigenvalue weighted by molar-refractivity contribution is 0.599. The molecule has 0 aliphatic carbocycles. The first kappa shape index (κ1) is 14.5. The summed E-state index contributed by atoms with van der Waals surface area (Å²) in [6, 6.07) is 11.0. The van der Waals surface area contributed by atoms with E-state index in [9.17, 15) is 4.39 Å². The Kier molecular flexibility index (Phi) is 4.63. The minimum Gasteiger partial charge on any atom is -0.377 e. The maximum atomic E-state index is 13.9. The Hall–Kier alpha value is -0.870. The summed E-state index contributed by atoms with van der Waals surface area (Å²) < 4.78 is 15.7. The van der Waals surface area contributed by atoms with Crippen LogP contribution in [0, 0.1) is 12.7 Å². The highest BCUT2D eigenvalue weighted by Gasteiger charge is 2.12. The summed E-state index contributed by atoms with van der Waals surface area (Å²) in [5.41, 5.74) is 2.76. The van der Waals surface area contributed by atoms with E-state index in [2.05, 4.69) is 37.2 Å². The standard InChI is InChI=1S/C15H14Br2FN/c1-9-4-3-5-14(15(9)17)19-10(2)12-7-6-11(16)8-13(12)18/h3-8,10,19H,1-2H3. The topological polar surface area (TPSA) is 12.0 Å². The molecule has 1 atom stereocenters. The number of rotatable bonds is 3. The Labute approximate surface area is 129 Å². The van der Waals surface area contributed by atoms with Crippen LogP contribution in [0.4, 0.5) is 10.1 Å². The average Bonchev–Trinajstić information content (AvgIpc) is 2.34. The minimum absolute atomic E-state index is 0.105. The SMILES string of the molecule is Cc1cccc(NC(C)c2ccc(Br)cc2F)c1Br. The fraction of sp³-hybridized carbons (Fsp3) is 0.200. The van der Waals surface area contributed by atoms with Gasteiger partial charge in [-0.2, -0.15) is 0 Å². The second kappa shape index (κ2) is 6.06. The fourth-order valence-electron chi connectivity index (χ4n) is 1.92. The summed E-state index contributed by atoms with van der Waals surface area (Å²) >= 11 is 6.81. The Morgan fingerprint density at radius 3 is 2.58 bits per heavy atom. The number of hydrogen-bond acceptors (Lipinski definition) is 1. The molecule has 0 heterocycles.